The lowest BCUT2D eigenvalue weighted by Crippen LogP contribution is -2.46. The Morgan fingerprint density at radius 1 is 1.21 bits per heavy atom. The van der Waals surface area contributed by atoms with Crippen LogP contribution >= 0.6 is 0 Å². The van der Waals surface area contributed by atoms with Gasteiger partial charge in [0.1, 0.15) is 0 Å². The molecule has 0 bridgehead atoms. The second kappa shape index (κ2) is 7.36. The van der Waals surface area contributed by atoms with Gasteiger partial charge in [0, 0.05) is 12.6 Å². The van der Waals surface area contributed by atoms with Crippen molar-refractivity contribution >= 4 is 12.0 Å². The van der Waals surface area contributed by atoms with Gasteiger partial charge in [0.05, 0.1) is 5.92 Å². The Hall–Kier alpha value is -1.26. The SMILES string of the molecule is CC(C)C(C)NC(=O)NCC1CCCCC1C(=O)O. The molecule has 1 rings (SSSR count). The van der Waals surface area contributed by atoms with E-state index in [9.17, 15) is 9.59 Å². The molecule has 19 heavy (non-hydrogen) atoms. The smallest absolute Gasteiger partial charge is 0.315 e. The highest BCUT2D eigenvalue weighted by atomic mass is 16.4. The fourth-order valence-electron chi connectivity index (χ4n) is 2.43. The van der Waals surface area contributed by atoms with E-state index in [2.05, 4.69) is 10.6 Å². The van der Waals surface area contributed by atoms with E-state index in [1.807, 2.05) is 20.8 Å². The molecule has 1 saturated carbocycles. The van der Waals surface area contributed by atoms with Crippen molar-refractivity contribution in [1.82, 2.24) is 10.6 Å². The highest BCUT2D eigenvalue weighted by Crippen LogP contribution is 2.29. The molecule has 1 fully saturated rings. The predicted molar refractivity (Wildman–Crippen MR) is 73.9 cm³/mol. The number of carbonyl (C=O) groups is 2. The molecule has 1 aliphatic rings. The molecular weight excluding hydrogens is 244 g/mol. The van der Waals surface area contributed by atoms with Crippen LogP contribution in [-0.2, 0) is 4.79 Å². The summed E-state index contributed by atoms with van der Waals surface area (Å²) in [4.78, 5) is 22.9. The maximum absolute atomic E-state index is 11.7. The fourth-order valence-corrected chi connectivity index (χ4v) is 2.43. The molecule has 1 aliphatic carbocycles. The van der Waals surface area contributed by atoms with E-state index in [-0.39, 0.29) is 23.9 Å². The van der Waals surface area contributed by atoms with Crippen LogP contribution in [0.5, 0.6) is 0 Å². The minimum absolute atomic E-state index is 0.0614. The van der Waals surface area contributed by atoms with Crippen LogP contribution in [0.4, 0.5) is 4.79 Å². The van der Waals surface area contributed by atoms with Crippen molar-refractivity contribution in [3.63, 3.8) is 0 Å². The average Bonchev–Trinajstić information content (AvgIpc) is 2.36. The zero-order valence-corrected chi connectivity index (χ0v) is 12.1. The Kier molecular flexibility index (Phi) is 6.12. The van der Waals surface area contributed by atoms with Gasteiger partial charge in [-0.25, -0.2) is 4.79 Å². The first-order chi connectivity index (χ1) is 8.91. The van der Waals surface area contributed by atoms with Crippen LogP contribution in [0.15, 0.2) is 0 Å². The molecule has 0 aromatic heterocycles. The lowest BCUT2D eigenvalue weighted by atomic mass is 9.79. The molecule has 5 nitrogen and oxygen atoms in total. The minimum Gasteiger partial charge on any atom is -0.481 e. The molecule has 0 saturated heterocycles. The Morgan fingerprint density at radius 2 is 1.84 bits per heavy atom. The Labute approximate surface area is 115 Å². The summed E-state index contributed by atoms with van der Waals surface area (Å²) in [5, 5.41) is 14.8. The van der Waals surface area contributed by atoms with Crippen molar-refractivity contribution in [3.8, 4) is 0 Å². The first kappa shape index (κ1) is 15.8. The van der Waals surface area contributed by atoms with Crippen LogP contribution in [-0.4, -0.2) is 29.7 Å². The molecule has 2 amide bonds. The second-order valence-electron chi connectivity index (χ2n) is 5.88. The number of carbonyl (C=O) groups excluding carboxylic acids is 1. The molecule has 0 radical (unpaired) electrons. The van der Waals surface area contributed by atoms with E-state index in [0.717, 1.165) is 25.7 Å². The summed E-state index contributed by atoms with van der Waals surface area (Å²) >= 11 is 0. The van der Waals surface area contributed by atoms with Crippen molar-refractivity contribution in [3.05, 3.63) is 0 Å². The van der Waals surface area contributed by atoms with Crippen LogP contribution < -0.4 is 10.6 Å². The molecule has 0 aliphatic heterocycles. The van der Waals surface area contributed by atoms with Crippen molar-refractivity contribution in [1.29, 1.82) is 0 Å². The van der Waals surface area contributed by atoms with Crippen LogP contribution in [0, 0.1) is 17.8 Å². The Bertz CT molecular complexity index is 318. The minimum atomic E-state index is -0.734. The fraction of sp³-hybridized carbons (Fsp3) is 0.857. The summed E-state index contributed by atoms with van der Waals surface area (Å²) in [6, 6.07) is -0.0856. The van der Waals surface area contributed by atoms with Gasteiger partial charge >= 0.3 is 12.0 Å². The topological polar surface area (TPSA) is 78.4 Å². The third-order valence-corrected chi connectivity index (χ3v) is 4.11. The van der Waals surface area contributed by atoms with E-state index in [1.165, 1.54) is 0 Å². The molecule has 5 heteroatoms. The van der Waals surface area contributed by atoms with Crippen molar-refractivity contribution in [2.75, 3.05) is 6.54 Å². The number of carboxylic acid groups (broad SMARTS) is 1. The summed E-state index contributed by atoms with van der Waals surface area (Å²) in [5.74, 6) is -0.599. The maximum Gasteiger partial charge on any atom is 0.315 e. The van der Waals surface area contributed by atoms with Gasteiger partial charge in [-0.15, -0.1) is 0 Å². The molecule has 110 valence electrons. The average molecular weight is 270 g/mol. The van der Waals surface area contributed by atoms with E-state index < -0.39 is 5.97 Å². The maximum atomic E-state index is 11.7. The van der Waals surface area contributed by atoms with E-state index in [4.69, 9.17) is 5.11 Å². The van der Waals surface area contributed by atoms with Gasteiger partial charge in [-0.2, -0.15) is 0 Å². The molecule has 0 aromatic carbocycles. The molecule has 0 aromatic rings. The number of aliphatic carboxylic acids is 1. The summed E-state index contributed by atoms with van der Waals surface area (Å²) < 4.78 is 0. The molecule has 0 heterocycles. The molecule has 3 atom stereocenters. The normalized spacial score (nSPS) is 24.8. The Morgan fingerprint density at radius 3 is 2.42 bits per heavy atom. The molecule has 3 unspecified atom stereocenters. The van der Waals surface area contributed by atoms with Gasteiger partial charge in [0.25, 0.3) is 0 Å². The van der Waals surface area contributed by atoms with Crippen molar-refractivity contribution < 1.29 is 14.7 Å². The molecule has 0 spiro atoms. The van der Waals surface area contributed by atoms with Crippen LogP contribution in [0.1, 0.15) is 46.5 Å². The highest BCUT2D eigenvalue weighted by Gasteiger charge is 2.30. The third-order valence-electron chi connectivity index (χ3n) is 4.11. The van der Waals surface area contributed by atoms with E-state index >= 15 is 0 Å². The lowest BCUT2D eigenvalue weighted by molar-refractivity contribution is -0.144. The van der Waals surface area contributed by atoms with Crippen molar-refractivity contribution in [2.45, 2.75) is 52.5 Å². The molecule has 3 N–H and O–H groups in total. The zero-order chi connectivity index (χ0) is 14.4. The van der Waals surface area contributed by atoms with E-state index in [1.54, 1.807) is 0 Å². The first-order valence-corrected chi connectivity index (χ1v) is 7.19. The van der Waals surface area contributed by atoms with Crippen LogP contribution in [0.3, 0.4) is 0 Å². The number of hydrogen-bond donors (Lipinski definition) is 3. The van der Waals surface area contributed by atoms with Gasteiger partial charge in [0.2, 0.25) is 0 Å². The summed E-state index contributed by atoms with van der Waals surface area (Å²) in [6.07, 6.45) is 3.65. The number of rotatable bonds is 5. The quantitative estimate of drug-likeness (QED) is 0.716. The number of amides is 2. The van der Waals surface area contributed by atoms with E-state index in [0.29, 0.717) is 12.5 Å². The number of hydrogen-bond acceptors (Lipinski definition) is 2. The van der Waals surface area contributed by atoms with Gasteiger partial charge in [0.15, 0.2) is 0 Å². The molecular formula is C14H26N2O3. The Balaban J connectivity index is 2.37. The summed E-state index contributed by atoms with van der Waals surface area (Å²) in [6.45, 7) is 6.51. The summed E-state index contributed by atoms with van der Waals surface area (Å²) in [5.41, 5.74) is 0. The standard InChI is InChI=1S/C14H26N2O3/c1-9(2)10(3)16-14(19)15-8-11-6-4-5-7-12(11)13(17)18/h9-12H,4-8H2,1-3H3,(H,17,18)(H2,15,16,19). The third kappa shape index (κ3) is 5.09. The number of nitrogens with one attached hydrogen (secondary N) is 2. The van der Waals surface area contributed by atoms with Crippen LogP contribution in [0.25, 0.3) is 0 Å². The van der Waals surface area contributed by atoms with Crippen molar-refractivity contribution in [2.24, 2.45) is 17.8 Å². The monoisotopic (exact) mass is 270 g/mol. The predicted octanol–water partition coefficient (Wildman–Crippen LogP) is 2.22. The number of urea groups is 1. The highest BCUT2D eigenvalue weighted by molar-refractivity contribution is 5.74. The zero-order valence-electron chi connectivity index (χ0n) is 12.1. The van der Waals surface area contributed by atoms with Gasteiger partial charge in [-0.05, 0) is 31.6 Å². The number of carboxylic acids is 1. The lowest BCUT2D eigenvalue weighted by Gasteiger charge is -2.29. The van der Waals surface area contributed by atoms with Crippen LogP contribution in [0.2, 0.25) is 0 Å². The summed E-state index contributed by atoms with van der Waals surface area (Å²) in [7, 11) is 0. The van der Waals surface area contributed by atoms with Gasteiger partial charge in [-0.1, -0.05) is 26.7 Å². The van der Waals surface area contributed by atoms with Gasteiger partial charge < -0.3 is 15.7 Å². The van der Waals surface area contributed by atoms with Gasteiger partial charge in [-0.3, -0.25) is 4.79 Å². The second-order valence-corrected chi connectivity index (χ2v) is 5.88. The first-order valence-electron chi connectivity index (χ1n) is 7.19. The largest absolute Gasteiger partial charge is 0.481 e.